The van der Waals surface area contributed by atoms with Gasteiger partial charge in [-0.15, -0.1) is 0 Å². The largest absolute Gasteiger partial charge is 0.489 e. The van der Waals surface area contributed by atoms with Crippen molar-refractivity contribution in [1.29, 1.82) is 0 Å². The Balaban J connectivity index is 1.64. The Labute approximate surface area is 162 Å². The second-order valence-corrected chi connectivity index (χ2v) is 6.56. The molecule has 3 aromatic rings. The fraction of sp³-hybridized carbons (Fsp3) is 0.211. The zero-order valence-electron chi connectivity index (χ0n) is 14.4. The maximum absolute atomic E-state index is 5.98. The van der Waals surface area contributed by atoms with E-state index in [-0.39, 0.29) is 0 Å². The molecule has 0 saturated heterocycles. The van der Waals surface area contributed by atoms with E-state index in [1.54, 1.807) is 10.9 Å². The molecule has 1 aromatic heterocycles. The summed E-state index contributed by atoms with van der Waals surface area (Å²) in [5.74, 6) is 1.61. The van der Waals surface area contributed by atoms with E-state index in [0.29, 0.717) is 16.4 Å². The van der Waals surface area contributed by atoms with Crippen LogP contribution in [0.2, 0.25) is 5.02 Å². The second-order valence-electron chi connectivity index (χ2n) is 5.74. The monoisotopic (exact) mass is 386 g/mol. The van der Waals surface area contributed by atoms with Crippen LogP contribution in [0.1, 0.15) is 30.3 Å². The third-order valence-corrected chi connectivity index (χ3v) is 4.19. The number of benzene rings is 2. The van der Waals surface area contributed by atoms with Gasteiger partial charge in [-0.05, 0) is 66.2 Å². The molecular formula is C19H19ClN4OS. The number of rotatable bonds is 7. The molecule has 1 N–H and O–H groups in total. The van der Waals surface area contributed by atoms with E-state index in [1.807, 2.05) is 48.5 Å². The SMILES string of the molecule is CCCc1n[nH]c(=S)n1/N=C/c1ccc(OCc2cccc(Cl)c2)cc1. The van der Waals surface area contributed by atoms with Crippen molar-refractivity contribution in [2.24, 2.45) is 5.10 Å². The molecule has 26 heavy (non-hydrogen) atoms. The summed E-state index contributed by atoms with van der Waals surface area (Å²) in [6.45, 7) is 2.56. The van der Waals surface area contributed by atoms with Gasteiger partial charge < -0.3 is 4.74 Å². The molecule has 7 heteroatoms. The maximum Gasteiger partial charge on any atom is 0.216 e. The molecule has 3 rings (SSSR count). The van der Waals surface area contributed by atoms with E-state index in [9.17, 15) is 0 Å². The summed E-state index contributed by atoms with van der Waals surface area (Å²) in [6.07, 6.45) is 3.56. The number of halogens is 1. The number of hydrogen-bond donors (Lipinski definition) is 1. The summed E-state index contributed by atoms with van der Waals surface area (Å²) in [5.41, 5.74) is 1.98. The molecule has 0 spiro atoms. The van der Waals surface area contributed by atoms with Crippen molar-refractivity contribution in [3.8, 4) is 5.75 Å². The summed E-state index contributed by atoms with van der Waals surface area (Å²) in [6, 6.07) is 15.3. The molecule has 0 fully saturated rings. The molecule has 134 valence electrons. The summed E-state index contributed by atoms with van der Waals surface area (Å²) in [5, 5.41) is 12.1. The van der Waals surface area contributed by atoms with Gasteiger partial charge in [0.15, 0.2) is 5.82 Å². The number of aryl methyl sites for hydroxylation is 1. The highest BCUT2D eigenvalue weighted by Crippen LogP contribution is 2.16. The van der Waals surface area contributed by atoms with E-state index >= 15 is 0 Å². The minimum atomic E-state index is 0.471. The summed E-state index contributed by atoms with van der Waals surface area (Å²) >= 11 is 11.2. The number of aromatic amines is 1. The van der Waals surface area contributed by atoms with Crippen LogP contribution in [0, 0.1) is 4.77 Å². The number of hydrogen-bond acceptors (Lipinski definition) is 4. The van der Waals surface area contributed by atoms with Gasteiger partial charge in [0, 0.05) is 11.4 Å². The fourth-order valence-corrected chi connectivity index (χ4v) is 2.81. The molecule has 2 aromatic carbocycles. The van der Waals surface area contributed by atoms with Crippen LogP contribution < -0.4 is 4.74 Å². The molecule has 0 aliphatic carbocycles. The van der Waals surface area contributed by atoms with Crippen molar-refractivity contribution < 1.29 is 4.74 Å². The van der Waals surface area contributed by atoms with Crippen molar-refractivity contribution in [3.05, 3.63) is 75.3 Å². The molecule has 0 saturated carbocycles. The van der Waals surface area contributed by atoms with Crippen LogP contribution >= 0.6 is 23.8 Å². The number of nitrogens with zero attached hydrogens (tertiary/aromatic N) is 3. The van der Waals surface area contributed by atoms with Gasteiger partial charge in [0.1, 0.15) is 12.4 Å². The molecule has 0 bridgehead atoms. The van der Waals surface area contributed by atoms with E-state index < -0.39 is 0 Å². The first-order chi connectivity index (χ1) is 12.7. The summed E-state index contributed by atoms with van der Waals surface area (Å²) < 4.78 is 7.93. The van der Waals surface area contributed by atoms with Crippen molar-refractivity contribution >= 4 is 30.0 Å². The minimum Gasteiger partial charge on any atom is -0.489 e. The summed E-state index contributed by atoms with van der Waals surface area (Å²) in [7, 11) is 0. The zero-order valence-corrected chi connectivity index (χ0v) is 15.9. The minimum absolute atomic E-state index is 0.471. The third kappa shape index (κ3) is 4.80. The molecule has 0 amide bonds. The van der Waals surface area contributed by atoms with Gasteiger partial charge in [-0.25, -0.2) is 0 Å². The number of aromatic nitrogens is 3. The molecule has 0 aliphatic heterocycles. The number of H-pyrrole nitrogens is 1. The van der Waals surface area contributed by atoms with Gasteiger partial charge in [0.25, 0.3) is 0 Å². The fourth-order valence-electron chi connectivity index (χ4n) is 2.40. The van der Waals surface area contributed by atoms with Gasteiger partial charge in [-0.2, -0.15) is 14.9 Å². The lowest BCUT2D eigenvalue weighted by Gasteiger charge is -2.06. The Kier molecular flexibility index (Phi) is 6.20. The predicted molar refractivity (Wildman–Crippen MR) is 107 cm³/mol. The quantitative estimate of drug-likeness (QED) is 0.458. The van der Waals surface area contributed by atoms with Gasteiger partial charge in [0.2, 0.25) is 4.77 Å². The lowest BCUT2D eigenvalue weighted by Crippen LogP contribution is -1.99. The Morgan fingerprint density at radius 3 is 2.81 bits per heavy atom. The topological polar surface area (TPSA) is 55.2 Å². The van der Waals surface area contributed by atoms with E-state index in [4.69, 9.17) is 28.6 Å². The first-order valence-electron chi connectivity index (χ1n) is 8.33. The van der Waals surface area contributed by atoms with Crippen LogP contribution in [-0.4, -0.2) is 21.1 Å². The van der Waals surface area contributed by atoms with Crippen LogP contribution in [-0.2, 0) is 13.0 Å². The molecule has 0 aliphatic rings. The Bertz CT molecular complexity index is 947. The van der Waals surface area contributed by atoms with Gasteiger partial charge in [-0.1, -0.05) is 30.7 Å². The molecule has 1 heterocycles. The maximum atomic E-state index is 5.98. The van der Waals surface area contributed by atoms with Crippen LogP contribution in [0.3, 0.4) is 0 Å². The van der Waals surface area contributed by atoms with E-state index in [2.05, 4.69) is 22.2 Å². The smallest absolute Gasteiger partial charge is 0.216 e. The Morgan fingerprint density at radius 1 is 1.27 bits per heavy atom. The third-order valence-electron chi connectivity index (χ3n) is 3.69. The first-order valence-corrected chi connectivity index (χ1v) is 9.12. The highest BCUT2D eigenvalue weighted by molar-refractivity contribution is 7.71. The number of ether oxygens (including phenoxy) is 1. The lowest BCUT2D eigenvalue weighted by molar-refractivity contribution is 0.306. The average molecular weight is 387 g/mol. The number of nitrogens with one attached hydrogen (secondary N) is 1. The van der Waals surface area contributed by atoms with Gasteiger partial charge in [0.05, 0.1) is 6.21 Å². The van der Waals surface area contributed by atoms with E-state index in [1.165, 1.54) is 0 Å². The van der Waals surface area contributed by atoms with Crippen LogP contribution in [0.5, 0.6) is 5.75 Å². The Hall–Kier alpha value is -2.44. The van der Waals surface area contributed by atoms with Gasteiger partial charge >= 0.3 is 0 Å². The molecule has 0 radical (unpaired) electrons. The molecule has 0 atom stereocenters. The first kappa shape index (κ1) is 18.4. The summed E-state index contributed by atoms with van der Waals surface area (Å²) in [4.78, 5) is 0. The molecule has 5 nitrogen and oxygen atoms in total. The van der Waals surface area contributed by atoms with Crippen molar-refractivity contribution in [3.63, 3.8) is 0 Å². The van der Waals surface area contributed by atoms with Crippen molar-refractivity contribution in [1.82, 2.24) is 14.9 Å². The zero-order chi connectivity index (χ0) is 18.4. The second kappa shape index (κ2) is 8.78. The van der Waals surface area contributed by atoms with Crippen molar-refractivity contribution in [2.45, 2.75) is 26.4 Å². The van der Waals surface area contributed by atoms with Crippen LogP contribution in [0.4, 0.5) is 0 Å². The van der Waals surface area contributed by atoms with Crippen LogP contribution in [0.15, 0.2) is 53.6 Å². The van der Waals surface area contributed by atoms with Crippen molar-refractivity contribution in [2.75, 3.05) is 0 Å². The van der Waals surface area contributed by atoms with Gasteiger partial charge in [-0.3, -0.25) is 5.10 Å². The predicted octanol–water partition coefficient (Wildman–Crippen LogP) is 5.01. The standard InChI is InChI=1S/C19H19ClN4OS/c1-2-4-18-22-23-19(26)24(18)21-12-14-7-9-17(10-8-14)25-13-15-5-3-6-16(20)11-15/h3,5-12H,2,4,13H2,1H3,(H,23,26)/b21-12+. The highest BCUT2D eigenvalue weighted by atomic mass is 35.5. The highest BCUT2D eigenvalue weighted by Gasteiger charge is 2.03. The lowest BCUT2D eigenvalue weighted by atomic mass is 10.2. The Morgan fingerprint density at radius 2 is 2.08 bits per heavy atom. The normalized spacial score (nSPS) is 11.2. The molecule has 0 unspecified atom stereocenters. The molecular weight excluding hydrogens is 368 g/mol. The average Bonchev–Trinajstić information content (AvgIpc) is 2.99. The van der Waals surface area contributed by atoms with Crippen LogP contribution in [0.25, 0.3) is 0 Å². The van der Waals surface area contributed by atoms with E-state index in [0.717, 1.165) is 35.5 Å².